The Labute approximate surface area is 90.0 Å². The first-order chi connectivity index (χ1) is 6.74. The molecule has 0 bridgehead atoms. The molecule has 0 aromatic heterocycles. The average Bonchev–Trinajstić information content (AvgIpc) is 2.18. The molecule has 0 fully saturated rings. The summed E-state index contributed by atoms with van der Waals surface area (Å²) in [6.07, 6.45) is 9.91. The maximum absolute atomic E-state index is 3.75. The molecule has 0 saturated carbocycles. The Bertz CT molecular complexity index is 248. The van der Waals surface area contributed by atoms with Crippen LogP contribution in [0.3, 0.4) is 0 Å². The summed E-state index contributed by atoms with van der Waals surface area (Å²) >= 11 is 0. The standard InChI is InChI=1S/C13H21P/c1-4-14-9-5-6-13-8-7-11(2)12(3)10-13/h4,8,10-11,14H,1,5-7,9H2,2-3H3. The van der Waals surface area contributed by atoms with Gasteiger partial charge in [-0.2, -0.15) is 0 Å². The summed E-state index contributed by atoms with van der Waals surface area (Å²) in [5.74, 6) is 2.80. The lowest BCUT2D eigenvalue weighted by molar-refractivity contribution is 0.675. The van der Waals surface area contributed by atoms with Gasteiger partial charge in [0, 0.05) is 0 Å². The van der Waals surface area contributed by atoms with Crippen molar-refractivity contribution >= 4 is 8.58 Å². The highest BCUT2D eigenvalue weighted by atomic mass is 31.1. The quantitative estimate of drug-likeness (QED) is 0.461. The second-order valence-corrected chi connectivity index (χ2v) is 5.38. The van der Waals surface area contributed by atoms with Crippen LogP contribution < -0.4 is 0 Å². The number of allylic oxidation sites excluding steroid dienone is 4. The summed E-state index contributed by atoms with van der Waals surface area (Å²) < 4.78 is 0. The molecular formula is C13H21P. The second kappa shape index (κ2) is 6.19. The summed E-state index contributed by atoms with van der Waals surface area (Å²) in [6, 6.07) is 0. The van der Waals surface area contributed by atoms with Crippen LogP contribution >= 0.6 is 8.58 Å². The third kappa shape index (κ3) is 3.80. The van der Waals surface area contributed by atoms with E-state index in [1.165, 1.54) is 25.4 Å². The molecule has 0 aromatic rings. The highest BCUT2D eigenvalue weighted by Crippen LogP contribution is 2.26. The first-order valence-corrected chi connectivity index (χ1v) is 6.74. The van der Waals surface area contributed by atoms with Gasteiger partial charge in [0.25, 0.3) is 0 Å². The minimum Gasteiger partial charge on any atom is -0.0990 e. The van der Waals surface area contributed by atoms with E-state index in [0.717, 1.165) is 14.5 Å². The molecule has 0 heterocycles. The predicted octanol–water partition coefficient (Wildman–Crippen LogP) is 4.50. The Morgan fingerprint density at radius 1 is 1.64 bits per heavy atom. The third-order valence-electron chi connectivity index (χ3n) is 2.85. The van der Waals surface area contributed by atoms with Gasteiger partial charge in [0.1, 0.15) is 0 Å². The van der Waals surface area contributed by atoms with Crippen molar-refractivity contribution in [3.05, 3.63) is 35.7 Å². The van der Waals surface area contributed by atoms with Crippen LogP contribution in [-0.2, 0) is 0 Å². The highest BCUT2D eigenvalue weighted by Gasteiger charge is 2.08. The van der Waals surface area contributed by atoms with Gasteiger partial charge in [-0.1, -0.05) is 51.2 Å². The first kappa shape index (κ1) is 11.7. The fourth-order valence-electron chi connectivity index (χ4n) is 1.68. The molecule has 1 rings (SSSR count). The first-order valence-electron chi connectivity index (χ1n) is 5.45. The van der Waals surface area contributed by atoms with Crippen molar-refractivity contribution in [2.24, 2.45) is 5.92 Å². The minimum atomic E-state index is 0.758. The largest absolute Gasteiger partial charge is 0.0990 e. The monoisotopic (exact) mass is 208 g/mol. The fraction of sp³-hybridized carbons (Fsp3) is 0.538. The van der Waals surface area contributed by atoms with E-state index < -0.39 is 0 Å². The van der Waals surface area contributed by atoms with Crippen molar-refractivity contribution < 1.29 is 0 Å². The summed E-state index contributed by atoms with van der Waals surface area (Å²) in [6.45, 7) is 8.31. The lowest BCUT2D eigenvalue weighted by atomic mass is 9.90. The van der Waals surface area contributed by atoms with E-state index in [0.29, 0.717) is 0 Å². The van der Waals surface area contributed by atoms with Crippen LogP contribution in [0.5, 0.6) is 0 Å². The van der Waals surface area contributed by atoms with Crippen molar-refractivity contribution in [3.8, 4) is 0 Å². The lowest BCUT2D eigenvalue weighted by Crippen LogP contribution is -2.01. The summed E-state index contributed by atoms with van der Waals surface area (Å²) in [5.41, 5.74) is 3.10. The molecule has 0 aliphatic heterocycles. The molecule has 78 valence electrons. The van der Waals surface area contributed by atoms with Crippen LogP contribution in [0.25, 0.3) is 0 Å². The van der Waals surface area contributed by atoms with Gasteiger partial charge < -0.3 is 0 Å². The molecule has 0 saturated heterocycles. The molecule has 0 nitrogen and oxygen atoms in total. The van der Waals surface area contributed by atoms with Crippen molar-refractivity contribution in [1.29, 1.82) is 0 Å². The van der Waals surface area contributed by atoms with Crippen LogP contribution in [0.4, 0.5) is 0 Å². The van der Waals surface area contributed by atoms with E-state index in [1.807, 2.05) is 5.82 Å². The normalized spacial score (nSPS) is 22.3. The highest BCUT2D eigenvalue weighted by molar-refractivity contribution is 7.41. The topological polar surface area (TPSA) is 0 Å². The molecule has 0 aromatic carbocycles. The Balaban J connectivity index is 2.29. The molecule has 1 aliphatic rings. The van der Waals surface area contributed by atoms with Crippen LogP contribution in [0.15, 0.2) is 35.7 Å². The number of hydrogen-bond donors (Lipinski definition) is 0. The maximum atomic E-state index is 3.75. The smallest absolute Gasteiger partial charge is 0.0196 e. The Kier molecular flexibility index (Phi) is 5.19. The van der Waals surface area contributed by atoms with Crippen molar-refractivity contribution in [2.75, 3.05) is 6.16 Å². The number of rotatable bonds is 5. The van der Waals surface area contributed by atoms with Gasteiger partial charge in [-0.05, 0) is 38.3 Å². The second-order valence-electron chi connectivity index (χ2n) is 4.07. The average molecular weight is 208 g/mol. The molecule has 0 N–H and O–H groups in total. The van der Waals surface area contributed by atoms with E-state index in [4.69, 9.17) is 0 Å². The van der Waals surface area contributed by atoms with Gasteiger partial charge in [0.2, 0.25) is 0 Å². The SMILES string of the molecule is C=CPCCCC1=CCC(C)C(C)=C1. The molecule has 0 amide bonds. The van der Waals surface area contributed by atoms with Crippen molar-refractivity contribution in [1.82, 2.24) is 0 Å². The maximum Gasteiger partial charge on any atom is -0.0196 e. The van der Waals surface area contributed by atoms with E-state index in [2.05, 4.69) is 32.6 Å². The molecule has 0 spiro atoms. The predicted molar refractivity (Wildman–Crippen MR) is 68.2 cm³/mol. The van der Waals surface area contributed by atoms with E-state index in [9.17, 15) is 0 Å². The summed E-state index contributed by atoms with van der Waals surface area (Å²) in [7, 11) is 0.941. The van der Waals surface area contributed by atoms with Crippen LogP contribution in [-0.4, -0.2) is 6.16 Å². The molecule has 2 atom stereocenters. The van der Waals surface area contributed by atoms with Gasteiger partial charge in [0.15, 0.2) is 0 Å². The van der Waals surface area contributed by atoms with Gasteiger partial charge >= 0.3 is 0 Å². The van der Waals surface area contributed by atoms with E-state index in [-0.39, 0.29) is 0 Å². The van der Waals surface area contributed by atoms with Gasteiger partial charge in [-0.25, -0.2) is 0 Å². The molecular weight excluding hydrogens is 187 g/mol. The van der Waals surface area contributed by atoms with Gasteiger partial charge in [-0.3, -0.25) is 0 Å². The zero-order chi connectivity index (χ0) is 10.4. The van der Waals surface area contributed by atoms with Gasteiger partial charge in [-0.15, -0.1) is 0 Å². The fourth-order valence-corrected chi connectivity index (χ4v) is 2.26. The zero-order valence-electron chi connectivity index (χ0n) is 9.34. The van der Waals surface area contributed by atoms with E-state index >= 15 is 0 Å². The van der Waals surface area contributed by atoms with Gasteiger partial charge in [0.05, 0.1) is 0 Å². The molecule has 1 heteroatoms. The molecule has 0 radical (unpaired) electrons. The van der Waals surface area contributed by atoms with Crippen LogP contribution in [0, 0.1) is 5.92 Å². The zero-order valence-corrected chi connectivity index (χ0v) is 10.3. The molecule has 2 unspecified atom stereocenters. The van der Waals surface area contributed by atoms with E-state index in [1.54, 1.807) is 11.1 Å². The Morgan fingerprint density at radius 3 is 3.07 bits per heavy atom. The van der Waals surface area contributed by atoms with Crippen LogP contribution in [0.2, 0.25) is 0 Å². The Hall–Kier alpha value is -0.350. The summed E-state index contributed by atoms with van der Waals surface area (Å²) in [4.78, 5) is 0. The number of hydrogen-bond acceptors (Lipinski definition) is 0. The minimum absolute atomic E-state index is 0.758. The lowest BCUT2D eigenvalue weighted by Gasteiger charge is -2.17. The van der Waals surface area contributed by atoms with Crippen LogP contribution in [0.1, 0.15) is 33.1 Å². The van der Waals surface area contributed by atoms with Crippen molar-refractivity contribution in [3.63, 3.8) is 0 Å². The molecule has 14 heavy (non-hydrogen) atoms. The van der Waals surface area contributed by atoms with Crippen molar-refractivity contribution in [2.45, 2.75) is 33.1 Å². The third-order valence-corrected chi connectivity index (χ3v) is 3.79. The summed E-state index contributed by atoms with van der Waals surface area (Å²) in [5, 5.41) is 0. The Morgan fingerprint density at radius 2 is 2.43 bits per heavy atom. The molecule has 1 aliphatic carbocycles.